The first-order chi connectivity index (χ1) is 9.06. The van der Waals surface area contributed by atoms with Crippen molar-refractivity contribution in [3.63, 3.8) is 0 Å². The van der Waals surface area contributed by atoms with E-state index in [1.54, 1.807) is 18.2 Å². The summed E-state index contributed by atoms with van der Waals surface area (Å²) in [6, 6.07) is 10.3. The van der Waals surface area contributed by atoms with Crippen molar-refractivity contribution < 1.29 is 20.1 Å². The van der Waals surface area contributed by atoms with E-state index in [-0.39, 0.29) is 23.0 Å². The molecule has 0 unspecified atom stereocenters. The van der Waals surface area contributed by atoms with E-state index in [1.807, 2.05) is 0 Å². The van der Waals surface area contributed by atoms with Crippen molar-refractivity contribution in [3.05, 3.63) is 59.7 Å². The van der Waals surface area contributed by atoms with E-state index in [0.717, 1.165) is 0 Å². The molecule has 0 aliphatic rings. The van der Waals surface area contributed by atoms with Gasteiger partial charge in [0, 0.05) is 5.56 Å². The van der Waals surface area contributed by atoms with Gasteiger partial charge in [-0.1, -0.05) is 24.3 Å². The van der Waals surface area contributed by atoms with Crippen LogP contribution in [0.2, 0.25) is 0 Å². The molecular weight excluding hydrogens is 244 g/mol. The van der Waals surface area contributed by atoms with E-state index in [9.17, 15) is 15.0 Å². The highest BCUT2D eigenvalue weighted by Gasteiger charge is 2.03. The summed E-state index contributed by atoms with van der Waals surface area (Å²) >= 11 is 0. The molecule has 0 aliphatic heterocycles. The molecule has 0 amide bonds. The van der Waals surface area contributed by atoms with Crippen molar-refractivity contribution in [3.8, 4) is 17.2 Å². The monoisotopic (exact) mass is 256 g/mol. The lowest BCUT2D eigenvalue weighted by atomic mass is 10.1. The molecule has 0 bridgehead atoms. The topological polar surface area (TPSA) is 77.8 Å². The van der Waals surface area contributed by atoms with Crippen LogP contribution in [-0.4, -0.2) is 21.1 Å². The molecule has 3 N–H and O–H groups in total. The molecule has 19 heavy (non-hydrogen) atoms. The number of phenols is 3. The standard InChI is InChI=1S/C15H12O4/c16-12-3-1-2-11(9-12)13(17)6-4-10-5-7-14(18)15(19)8-10/h1-9,16,18-19H/b6-4+. The zero-order valence-corrected chi connectivity index (χ0v) is 9.95. The second-order valence-electron chi connectivity index (χ2n) is 4.00. The van der Waals surface area contributed by atoms with Crippen LogP contribution in [0.25, 0.3) is 6.08 Å². The maximum atomic E-state index is 11.8. The van der Waals surface area contributed by atoms with E-state index < -0.39 is 0 Å². The number of hydrogen-bond donors (Lipinski definition) is 3. The van der Waals surface area contributed by atoms with Gasteiger partial charge in [0.1, 0.15) is 5.75 Å². The molecule has 4 heteroatoms. The highest BCUT2D eigenvalue weighted by atomic mass is 16.3. The maximum Gasteiger partial charge on any atom is 0.185 e. The first-order valence-electron chi connectivity index (χ1n) is 5.60. The van der Waals surface area contributed by atoms with Crippen molar-refractivity contribution in [2.45, 2.75) is 0 Å². The van der Waals surface area contributed by atoms with Crippen LogP contribution >= 0.6 is 0 Å². The Morgan fingerprint density at radius 2 is 1.74 bits per heavy atom. The number of hydrogen-bond acceptors (Lipinski definition) is 4. The van der Waals surface area contributed by atoms with Crippen LogP contribution < -0.4 is 0 Å². The van der Waals surface area contributed by atoms with E-state index >= 15 is 0 Å². The number of aromatic hydroxyl groups is 3. The second kappa shape index (κ2) is 5.27. The van der Waals surface area contributed by atoms with E-state index in [0.29, 0.717) is 11.1 Å². The minimum atomic E-state index is -0.261. The summed E-state index contributed by atoms with van der Waals surface area (Å²) in [6.07, 6.45) is 2.85. The molecule has 0 radical (unpaired) electrons. The van der Waals surface area contributed by atoms with Crippen LogP contribution in [0.4, 0.5) is 0 Å². The normalized spacial score (nSPS) is 10.7. The zero-order valence-electron chi connectivity index (χ0n) is 9.95. The first-order valence-corrected chi connectivity index (χ1v) is 5.60. The molecule has 0 fully saturated rings. The van der Waals surface area contributed by atoms with Gasteiger partial charge in [0.25, 0.3) is 0 Å². The van der Waals surface area contributed by atoms with Gasteiger partial charge in [-0.15, -0.1) is 0 Å². The van der Waals surface area contributed by atoms with Crippen molar-refractivity contribution in [2.24, 2.45) is 0 Å². The Labute approximate surface area is 109 Å². The van der Waals surface area contributed by atoms with Crippen LogP contribution in [0, 0.1) is 0 Å². The summed E-state index contributed by atoms with van der Waals surface area (Å²) in [7, 11) is 0. The molecule has 0 saturated carbocycles. The van der Waals surface area contributed by atoms with Gasteiger partial charge >= 0.3 is 0 Å². The third-order valence-electron chi connectivity index (χ3n) is 2.56. The molecule has 2 rings (SSSR count). The minimum Gasteiger partial charge on any atom is -0.508 e. The van der Waals surface area contributed by atoms with Gasteiger partial charge in [0.15, 0.2) is 17.3 Å². The number of ketones is 1. The van der Waals surface area contributed by atoms with Crippen molar-refractivity contribution >= 4 is 11.9 Å². The Morgan fingerprint density at radius 3 is 2.42 bits per heavy atom. The van der Waals surface area contributed by atoms with Gasteiger partial charge < -0.3 is 15.3 Å². The zero-order chi connectivity index (χ0) is 13.8. The number of allylic oxidation sites excluding steroid dienone is 1. The molecular formula is C15H12O4. The Kier molecular flexibility index (Phi) is 3.52. The summed E-state index contributed by atoms with van der Waals surface area (Å²) in [5.41, 5.74) is 0.961. The third-order valence-corrected chi connectivity index (χ3v) is 2.56. The summed E-state index contributed by atoms with van der Waals surface area (Å²) in [5.74, 6) is -0.687. The van der Waals surface area contributed by atoms with Crippen LogP contribution in [0.1, 0.15) is 15.9 Å². The Hall–Kier alpha value is -2.75. The fraction of sp³-hybridized carbons (Fsp3) is 0. The Morgan fingerprint density at radius 1 is 0.947 bits per heavy atom. The predicted octanol–water partition coefficient (Wildman–Crippen LogP) is 2.70. The summed E-state index contributed by atoms with van der Waals surface area (Å²) in [4.78, 5) is 11.8. The SMILES string of the molecule is O=C(/C=C/c1ccc(O)c(O)c1)c1cccc(O)c1. The highest BCUT2D eigenvalue weighted by molar-refractivity contribution is 6.07. The van der Waals surface area contributed by atoms with Crippen molar-refractivity contribution in [1.82, 2.24) is 0 Å². The van der Waals surface area contributed by atoms with Crippen LogP contribution in [0.3, 0.4) is 0 Å². The van der Waals surface area contributed by atoms with E-state index in [4.69, 9.17) is 5.11 Å². The lowest BCUT2D eigenvalue weighted by Gasteiger charge is -1.99. The number of rotatable bonds is 3. The van der Waals surface area contributed by atoms with Gasteiger partial charge in [0.2, 0.25) is 0 Å². The van der Waals surface area contributed by atoms with Gasteiger partial charge in [-0.2, -0.15) is 0 Å². The van der Waals surface area contributed by atoms with Gasteiger partial charge in [-0.3, -0.25) is 4.79 Å². The van der Waals surface area contributed by atoms with E-state index in [1.165, 1.54) is 36.4 Å². The van der Waals surface area contributed by atoms with Crippen LogP contribution in [-0.2, 0) is 0 Å². The number of phenolic OH excluding ortho intramolecular Hbond substituents is 3. The number of carbonyl (C=O) groups is 1. The van der Waals surface area contributed by atoms with E-state index in [2.05, 4.69) is 0 Å². The molecule has 0 atom stereocenters. The predicted molar refractivity (Wildman–Crippen MR) is 71.2 cm³/mol. The van der Waals surface area contributed by atoms with Gasteiger partial charge in [0.05, 0.1) is 0 Å². The van der Waals surface area contributed by atoms with Gasteiger partial charge in [-0.25, -0.2) is 0 Å². The summed E-state index contributed by atoms with van der Waals surface area (Å²) in [6.45, 7) is 0. The molecule has 0 aliphatic carbocycles. The van der Waals surface area contributed by atoms with Gasteiger partial charge in [-0.05, 0) is 35.9 Å². The summed E-state index contributed by atoms with van der Waals surface area (Å²) in [5, 5.41) is 27.8. The largest absolute Gasteiger partial charge is 0.508 e. The summed E-state index contributed by atoms with van der Waals surface area (Å²) < 4.78 is 0. The second-order valence-corrected chi connectivity index (χ2v) is 4.00. The third kappa shape index (κ3) is 3.13. The molecule has 0 spiro atoms. The molecule has 4 nitrogen and oxygen atoms in total. The van der Waals surface area contributed by atoms with Crippen LogP contribution in [0.5, 0.6) is 17.2 Å². The lowest BCUT2D eigenvalue weighted by Crippen LogP contribution is -1.93. The molecule has 0 saturated heterocycles. The molecule has 2 aromatic carbocycles. The number of carbonyl (C=O) groups excluding carboxylic acids is 1. The first kappa shape index (κ1) is 12.7. The smallest absolute Gasteiger partial charge is 0.185 e. The Balaban J connectivity index is 2.18. The average Bonchev–Trinajstić information content (AvgIpc) is 2.40. The molecule has 0 heterocycles. The molecule has 0 aromatic heterocycles. The minimum absolute atomic E-state index is 0.0292. The van der Waals surface area contributed by atoms with Crippen molar-refractivity contribution in [1.29, 1.82) is 0 Å². The fourth-order valence-electron chi connectivity index (χ4n) is 1.57. The fourth-order valence-corrected chi connectivity index (χ4v) is 1.57. The number of benzene rings is 2. The molecule has 96 valence electrons. The average molecular weight is 256 g/mol. The lowest BCUT2D eigenvalue weighted by molar-refractivity contribution is 0.104. The maximum absolute atomic E-state index is 11.8. The molecule has 2 aromatic rings. The van der Waals surface area contributed by atoms with Crippen molar-refractivity contribution in [2.75, 3.05) is 0 Å². The highest BCUT2D eigenvalue weighted by Crippen LogP contribution is 2.25. The van der Waals surface area contributed by atoms with Crippen LogP contribution in [0.15, 0.2) is 48.5 Å². The quantitative estimate of drug-likeness (QED) is 0.448. The Bertz CT molecular complexity index is 644.